The van der Waals surface area contributed by atoms with Crippen LogP contribution in [-0.4, -0.2) is 29.0 Å². The zero-order chi connectivity index (χ0) is 12.3. The molecule has 3 heteroatoms. The SMILES string of the molecule is CCCN1CCCC(N)C1c1ccc(C)nc1. The van der Waals surface area contributed by atoms with E-state index in [9.17, 15) is 0 Å². The summed E-state index contributed by atoms with van der Waals surface area (Å²) in [5.74, 6) is 0. The Hall–Kier alpha value is -0.930. The van der Waals surface area contributed by atoms with Crippen LogP contribution in [-0.2, 0) is 0 Å². The van der Waals surface area contributed by atoms with Crippen molar-refractivity contribution in [2.24, 2.45) is 5.73 Å². The molecule has 2 rings (SSSR count). The van der Waals surface area contributed by atoms with Crippen molar-refractivity contribution in [3.63, 3.8) is 0 Å². The normalized spacial score (nSPS) is 26.1. The summed E-state index contributed by atoms with van der Waals surface area (Å²) in [6, 6.07) is 4.87. The molecule has 0 aromatic carbocycles. The molecular weight excluding hydrogens is 210 g/mol. The maximum atomic E-state index is 6.30. The summed E-state index contributed by atoms with van der Waals surface area (Å²) in [6.45, 7) is 6.55. The van der Waals surface area contributed by atoms with Gasteiger partial charge in [-0.05, 0) is 50.9 Å². The predicted molar refractivity (Wildman–Crippen MR) is 70.8 cm³/mol. The average molecular weight is 233 g/mol. The van der Waals surface area contributed by atoms with Crippen molar-refractivity contribution >= 4 is 0 Å². The van der Waals surface area contributed by atoms with Crippen LogP contribution < -0.4 is 5.73 Å². The van der Waals surface area contributed by atoms with Gasteiger partial charge in [0.15, 0.2) is 0 Å². The maximum absolute atomic E-state index is 6.30. The molecular formula is C14H23N3. The first-order valence-electron chi connectivity index (χ1n) is 6.64. The number of likely N-dealkylation sites (tertiary alicyclic amines) is 1. The molecule has 1 aliphatic rings. The van der Waals surface area contributed by atoms with Gasteiger partial charge in [0, 0.05) is 17.9 Å². The van der Waals surface area contributed by atoms with Gasteiger partial charge in [-0.1, -0.05) is 13.0 Å². The van der Waals surface area contributed by atoms with Gasteiger partial charge in [-0.15, -0.1) is 0 Å². The van der Waals surface area contributed by atoms with Gasteiger partial charge >= 0.3 is 0 Å². The Bertz CT molecular complexity index is 345. The van der Waals surface area contributed by atoms with Crippen molar-refractivity contribution in [2.45, 2.75) is 45.2 Å². The Balaban J connectivity index is 2.21. The maximum Gasteiger partial charge on any atom is 0.0514 e. The fourth-order valence-corrected chi connectivity index (χ4v) is 2.75. The van der Waals surface area contributed by atoms with Crippen LogP contribution in [0.5, 0.6) is 0 Å². The van der Waals surface area contributed by atoms with Crippen molar-refractivity contribution in [3.8, 4) is 0 Å². The summed E-state index contributed by atoms with van der Waals surface area (Å²) < 4.78 is 0. The van der Waals surface area contributed by atoms with Crippen LogP contribution in [0.4, 0.5) is 0 Å². The lowest BCUT2D eigenvalue weighted by Crippen LogP contribution is -2.46. The molecule has 0 bridgehead atoms. The number of pyridine rings is 1. The van der Waals surface area contributed by atoms with Gasteiger partial charge in [0.25, 0.3) is 0 Å². The molecule has 1 aromatic heterocycles. The number of nitrogens with two attached hydrogens (primary N) is 1. The lowest BCUT2D eigenvalue weighted by Gasteiger charge is -2.39. The molecule has 0 saturated carbocycles. The second-order valence-corrected chi connectivity index (χ2v) is 5.02. The summed E-state index contributed by atoms with van der Waals surface area (Å²) in [6.07, 6.45) is 5.52. The molecule has 94 valence electrons. The summed E-state index contributed by atoms with van der Waals surface area (Å²) in [7, 11) is 0. The minimum Gasteiger partial charge on any atom is -0.326 e. The van der Waals surface area contributed by atoms with Gasteiger partial charge in [-0.2, -0.15) is 0 Å². The largest absolute Gasteiger partial charge is 0.326 e. The van der Waals surface area contributed by atoms with Crippen molar-refractivity contribution in [2.75, 3.05) is 13.1 Å². The quantitative estimate of drug-likeness (QED) is 0.870. The van der Waals surface area contributed by atoms with E-state index in [4.69, 9.17) is 5.73 Å². The van der Waals surface area contributed by atoms with Crippen molar-refractivity contribution in [3.05, 3.63) is 29.6 Å². The van der Waals surface area contributed by atoms with Crippen LogP contribution in [0.1, 0.15) is 43.5 Å². The van der Waals surface area contributed by atoms with E-state index in [2.05, 4.69) is 28.9 Å². The number of aromatic nitrogens is 1. The fourth-order valence-electron chi connectivity index (χ4n) is 2.75. The standard InChI is InChI=1S/C14H23N3/c1-3-8-17-9-4-5-13(15)14(17)12-7-6-11(2)16-10-12/h6-7,10,13-14H,3-5,8-9,15H2,1-2H3. The first-order chi connectivity index (χ1) is 8.22. The van der Waals surface area contributed by atoms with E-state index in [0.717, 1.165) is 18.7 Å². The smallest absolute Gasteiger partial charge is 0.0514 e. The molecule has 17 heavy (non-hydrogen) atoms. The molecule has 1 aromatic rings. The van der Waals surface area contributed by atoms with Gasteiger partial charge < -0.3 is 5.73 Å². The number of piperidine rings is 1. The summed E-state index contributed by atoms with van der Waals surface area (Å²) in [4.78, 5) is 6.92. The van der Waals surface area contributed by atoms with Crippen LogP contribution >= 0.6 is 0 Å². The third kappa shape index (κ3) is 2.85. The molecule has 1 saturated heterocycles. The zero-order valence-electron chi connectivity index (χ0n) is 10.9. The van der Waals surface area contributed by atoms with E-state index in [-0.39, 0.29) is 6.04 Å². The van der Waals surface area contributed by atoms with Crippen molar-refractivity contribution in [1.82, 2.24) is 9.88 Å². The number of hydrogen-bond acceptors (Lipinski definition) is 3. The third-order valence-corrected chi connectivity index (χ3v) is 3.57. The number of nitrogens with zero attached hydrogens (tertiary/aromatic N) is 2. The van der Waals surface area contributed by atoms with Crippen molar-refractivity contribution < 1.29 is 0 Å². The molecule has 0 radical (unpaired) electrons. The molecule has 0 spiro atoms. The fraction of sp³-hybridized carbons (Fsp3) is 0.643. The third-order valence-electron chi connectivity index (χ3n) is 3.57. The number of hydrogen-bond donors (Lipinski definition) is 1. The van der Waals surface area contributed by atoms with E-state index in [1.807, 2.05) is 13.1 Å². The van der Waals surface area contributed by atoms with E-state index in [1.165, 1.54) is 24.9 Å². The summed E-state index contributed by atoms with van der Waals surface area (Å²) in [5, 5.41) is 0. The first-order valence-corrected chi connectivity index (χ1v) is 6.64. The Labute approximate surface area is 104 Å². The summed E-state index contributed by atoms with van der Waals surface area (Å²) >= 11 is 0. The highest BCUT2D eigenvalue weighted by Gasteiger charge is 2.29. The highest BCUT2D eigenvalue weighted by atomic mass is 15.2. The molecule has 2 atom stereocenters. The monoisotopic (exact) mass is 233 g/mol. The molecule has 0 aliphatic carbocycles. The molecule has 1 aliphatic heterocycles. The second kappa shape index (κ2) is 5.61. The molecule has 2 unspecified atom stereocenters. The zero-order valence-corrected chi connectivity index (χ0v) is 10.9. The van der Waals surface area contributed by atoms with Gasteiger partial charge in [-0.3, -0.25) is 9.88 Å². The minimum atomic E-state index is 0.250. The van der Waals surface area contributed by atoms with E-state index < -0.39 is 0 Å². The molecule has 2 heterocycles. The minimum absolute atomic E-state index is 0.250. The van der Waals surface area contributed by atoms with Gasteiger partial charge in [-0.25, -0.2) is 0 Å². The van der Waals surface area contributed by atoms with Crippen LogP contribution in [0.15, 0.2) is 18.3 Å². The van der Waals surface area contributed by atoms with E-state index >= 15 is 0 Å². The predicted octanol–water partition coefficient (Wildman–Crippen LogP) is 2.26. The Morgan fingerprint density at radius 2 is 2.29 bits per heavy atom. The van der Waals surface area contributed by atoms with Crippen LogP contribution in [0.25, 0.3) is 0 Å². The number of aryl methyl sites for hydroxylation is 1. The molecule has 3 nitrogen and oxygen atoms in total. The topological polar surface area (TPSA) is 42.1 Å². The Morgan fingerprint density at radius 1 is 1.47 bits per heavy atom. The van der Waals surface area contributed by atoms with Crippen LogP contribution in [0.3, 0.4) is 0 Å². The Kier molecular flexibility index (Phi) is 4.13. The number of rotatable bonds is 3. The second-order valence-electron chi connectivity index (χ2n) is 5.02. The van der Waals surface area contributed by atoms with Gasteiger partial charge in [0.05, 0.1) is 6.04 Å². The van der Waals surface area contributed by atoms with Crippen LogP contribution in [0, 0.1) is 6.92 Å². The van der Waals surface area contributed by atoms with E-state index in [0.29, 0.717) is 6.04 Å². The van der Waals surface area contributed by atoms with Gasteiger partial charge in [0.1, 0.15) is 0 Å². The van der Waals surface area contributed by atoms with Gasteiger partial charge in [0.2, 0.25) is 0 Å². The van der Waals surface area contributed by atoms with Crippen LogP contribution in [0.2, 0.25) is 0 Å². The average Bonchev–Trinajstić information content (AvgIpc) is 2.32. The van der Waals surface area contributed by atoms with Crippen molar-refractivity contribution in [1.29, 1.82) is 0 Å². The highest BCUT2D eigenvalue weighted by molar-refractivity contribution is 5.20. The first kappa shape index (κ1) is 12.5. The lowest BCUT2D eigenvalue weighted by molar-refractivity contribution is 0.128. The lowest BCUT2D eigenvalue weighted by atomic mass is 9.91. The Morgan fingerprint density at radius 3 is 2.94 bits per heavy atom. The van der Waals surface area contributed by atoms with E-state index in [1.54, 1.807) is 0 Å². The molecule has 1 fully saturated rings. The summed E-state index contributed by atoms with van der Waals surface area (Å²) in [5.41, 5.74) is 8.64. The highest BCUT2D eigenvalue weighted by Crippen LogP contribution is 2.29. The molecule has 2 N–H and O–H groups in total. The molecule has 0 amide bonds.